The number of carbonyl (C=O) groups excluding carboxylic acids is 1. The number of aryl methyl sites for hydroxylation is 4. The highest BCUT2D eigenvalue weighted by molar-refractivity contribution is 6.07. The summed E-state index contributed by atoms with van der Waals surface area (Å²) >= 11 is 0. The zero-order chi connectivity index (χ0) is 20.1. The Labute approximate surface area is 162 Å². The number of hydrogen-bond donors (Lipinski definition) is 1. The van der Waals surface area contributed by atoms with Gasteiger partial charge in [-0.25, -0.2) is 0 Å². The van der Waals surface area contributed by atoms with Crippen molar-refractivity contribution in [2.45, 2.75) is 60.8 Å². The SMILES string of the molecule is CCCOc1cc(C)[n+]([O-])c(C)c1C(=O)Nc1c(CC)cc(C)cc1CC. The summed E-state index contributed by atoms with van der Waals surface area (Å²) in [5, 5.41) is 15.4. The highest BCUT2D eigenvalue weighted by Crippen LogP contribution is 2.28. The van der Waals surface area contributed by atoms with E-state index in [1.54, 1.807) is 19.9 Å². The van der Waals surface area contributed by atoms with Gasteiger partial charge in [0.15, 0.2) is 5.69 Å². The molecule has 2 rings (SSSR count). The third-order valence-corrected chi connectivity index (χ3v) is 4.71. The van der Waals surface area contributed by atoms with Gasteiger partial charge in [-0.1, -0.05) is 38.5 Å². The molecular formula is C22H30N2O3. The van der Waals surface area contributed by atoms with Crippen molar-refractivity contribution in [1.82, 2.24) is 0 Å². The minimum absolute atomic E-state index is 0.300. The lowest BCUT2D eigenvalue weighted by Crippen LogP contribution is -2.37. The largest absolute Gasteiger partial charge is 0.618 e. The average molecular weight is 370 g/mol. The number of ether oxygens (including phenoxy) is 1. The molecule has 0 unspecified atom stereocenters. The van der Waals surface area contributed by atoms with Gasteiger partial charge in [0.25, 0.3) is 5.91 Å². The molecule has 0 fully saturated rings. The molecule has 1 N–H and O–H groups in total. The van der Waals surface area contributed by atoms with Gasteiger partial charge in [0.05, 0.1) is 6.61 Å². The molecule has 146 valence electrons. The Kier molecular flexibility index (Phi) is 6.83. The van der Waals surface area contributed by atoms with Crippen molar-refractivity contribution >= 4 is 11.6 Å². The van der Waals surface area contributed by atoms with Crippen LogP contribution >= 0.6 is 0 Å². The molecule has 1 aromatic carbocycles. The fourth-order valence-electron chi connectivity index (χ4n) is 3.30. The predicted molar refractivity (Wildman–Crippen MR) is 109 cm³/mol. The molecule has 2 aromatic rings. The summed E-state index contributed by atoms with van der Waals surface area (Å²) in [6.07, 6.45) is 2.46. The molecule has 0 bridgehead atoms. The van der Waals surface area contributed by atoms with E-state index in [1.807, 2.05) is 6.92 Å². The number of nitrogens with one attached hydrogen (secondary N) is 1. The summed E-state index contributed by atoms with van der Waals surface area (Å²) in [5.74, 6) is 0.149. The number of rotatable bonds is 7. The monoisotopic (exact) mass is 370 g/mol. The molecule has 0 saturated heterocycles. The molecule has 0 radical (unpaired) electrons. The quantitative estimate of drug-likeness (QED) is 0.580. The first-order valence-corrected chi connectivity index (χ1v) is 9.64. The highest BCUT2D eigenvalue weighted by atomic mass is 16.5. The van der Waals surface area contributed by atoms with Crippen LogP contribution in [0.2, 0.25) is 0 Å². The second-order valence-electron chi connectivity index (χ2n) is 6.87. The fourth-order valence-corrected chi connectivity index (χ4v) is 3.30. The van der Waals surface area contributed by atoms with Crippen LogP contribution in [0.3, 0.4) is 0 Å². The van der Waals surface area contributed by atoms with Crippen LogP contribution in [-0.2, 0) is 12.8 Å². The number of amides is 1. The van der Waals surface area contributed by atoms with Gasteiger partial charge < -0.3 is 15.3 Å². The third-order valence-electron chi connectivity index (χ3n) is 4.71. The number of hydrogen-bond acceptors (Lipinski definition) is 3. The Balaban J connectivity index is 2.52. The minimum atomic E-state index is -0.309. The molecule has 5 heteroatoms. The van der Waals surface area contributed by atoms with Gasteiger partial charge in [-0.15, -0.1) is 0 Å². The molecule has 27 heavy (non-hydrogen) atoms. The molecule has 0 saturated carbocycles. The van der Waals surface area contributed by atoms with Crippen molar-refractivity contribution in [1.29, 1.82) is 0 Å². The van der Waals surface area contributed by atoms with E-state index in [0.717, 1.165) is 40.8 Å². The Morgan fingerprint density at radius 1 is 1.07 bits per heavy atom. The zero-order valence-electron chi connectivity index (χ0n) is 17.2. The molecule has 5 nitrogen and oxygen atoms in total. The van der Waals surface area contributed by atoms with Crippen LogP contribution in [0.4, 0.5) is 5.69 Å². The Morgan fingerprint density at radius 3 is 2.19 bits per heavy atom. The predicted octanol–water partition coefficient (Wildman–Crippen LogP) is 4.41. The number of aromatic nitrogens is 1. The van der Waals surface area contributed by atoms with E-state index in [9.17, 15) is 10.0 Å². The normalized spacial score (nSPS) is 10.7. The van der Waals surface area contributed by atoms with Crippen LogP contribution in [0.25, 0.3) is 0 Å². The summed E-state index contributed by atoms with van der Waals surface area (Å²) in [4.78, 5) is 13.2. The number of pyridine rings is 1. The van der Waals surface area contributed by atoms with Crippen LogP contribution < -0.4 is 14.8 Å². The van der Waals surface area contributed by atoms with Crippen molar-refractivity contribution in [3.63, 3.8) is 0 Å². The first-order chi connectivity index (χ1) is 12.8. The third kappa shape index (κ3) is 4.41. The van der Waals surface area contributed by atoms with Gasteiger partial charge in [-0.2, -0.15) is 4.73 Å². The van der Waals surface area contributed by atoms with Crippen molar-refractivity contribution in [2.75, 3.05) is 11.9 Å². The van der Waals surface area contributed by atoms with Gasteiger partial charge in [0, 0.05) is 25.6 Å². The van der Waals surface area contributed by atoms with Crippen molar-refractivity contribution in [2.24, 2.45) is 0 Å². The van der Waals surface area contributed by atoms with E-state index < -0.39 is 0 Å². The van der Waals surface area contributed by atoms with Crippen LogP contribution in [-0.4, -0.2) is 12.5 Å². The van der Waals surface area contributed by atoms with E-state index in [1.165, 1.54) is 5.56 Å². The topological polar surface area (TPSA) is 65.3 Å². The average Bonchev–Trinajstić information content (AvgIpc) is 2.65. The second-order valence-corrected chi connectivity index (χ2v) is 6.87. The van der Waals surface area contributed by atoms with Crippen molar-refractivity contribution in [3.8, 4) is 5.75 Å². The van der Waals surface area contributed by atoms with Crippen LogP contribution in [0, 0.1) is 26.0 Å². The molecule has 0 aliphatic rings. The highest BCUT2D eigenvalue weighted by Gasteiger charge is 2.25. The molecule has 1 heterocycles. The number of anilines is 1. The van der Waals surface area contributed by atoms with Gasteiger partial charge >= 0.3 is 0 Å². The lowest BCUT2D eigenvalue weighted by molar-refractivity contribution is -0.619. The smallest absolute Gasteiger partial charge is 0.265 e. The van der Waals surface area contributed by atoms with Gasteiger partial charge in [0.1, 0.15) is 11.3 Å². The molecule has 0 spiro atoms. The maximum atomic E-state index is 13.2. The van der Waals surface area contributed by atoms with Crippen LogP contribution in [0.1, 0.15) is 65.6 Å². The van der Waals surface area contributed by atoms with E-state index in [4.69, 9.17) is 4.74 Å². The molecule has 0 atom stereocenters. The molecule has 1 aromatic heterocycles. The van der Waals surface area contributed by atoms with Crippen molar-refractivity contribution in [3.05, 3.63) is 57.0 Å². The standard InChI is InChI=1S/C22H30N2O3/c1-7-10-27-19-13-15(5)24(26)16(6)20(19)22(25)23-21-17(8-2)11-14(4)12-18(21)9-3/h11-13H,7-10H2,1-6H3,(H,23,25). The summed E-state index contributed by atoms with van der Waals surface area (Å²) in [6, 6.07) is 5.83. The van der Waals surface area contributed by atoms with E-state index >= 15 is 0 Å². The number of nitrogens with zero attached hydrogens (tertiary/aromatic N) is 1. The minimum Gasteiger partial charge on any atom is -0.618 e. The Bertz CT molecular complexity index is 819. The van der Waals surface area contributed by atoms with E-state index in [0.29, 0.717) is 29.3 Å². The molecule has 0 aliphatic carbocycles. The van der Waals surface area contributed by atoms with Crippen LogP contribution in [0.5, 0.6) is 5.75 Å². The summed E-state index contributed by atoms with van der Waals surface area (Å²) in [6.45, 7) is 12.1. The lowest BCUT2D eigenvalue weighted by atomic mass is 9.99. The van der Waals surface area contributed by atoms with Gasteiger partial charge in [-0.3, -0.25) is 4.79 Å². The molecular weight excluding hydrogens is 340 g/mol. The van der Waals surface area contributed by atoms with E-state index in [-0.39, 0.29) is 5.91 Å². The first-order valence-electron chi connectivity index (χ1n) is 9.64. The Hall–Kier alpha value is -2.56. The summed E-state index contributed by atoms with van der Waals surface area (Å²) in [5.41, 5.74) is 5.36. The van der Waals surface area contributed by atoms with Gasteiger partial charge in [0.2, 0.25) is 5.69 Å². The maximum absolute atomic E-state index is 13.2. The molecule has 0 aliphatic heterocycles. The first kappa shape index (κ1) is 20.7. The van der Waals surface area contributed by atoms with Gasteiger partial charge in [-0.05, 0) is 37.3 Å². The summed E-state index contributed by atoms with van der Waals surface area (Å²) < 4.78 is 6.56. The zero-order valence-corrected chi connectivity index (χ0v) is 17.2. The lowest BCUT2D eigenvalue weighted by Gasteiger charge is -2.18. The maximum Gasteiger partial charge on any atom is 0.265 e. The number of carbonyl (C=O) groups is 1. The summed E-state index contributed by atoms with van der Waals surface area (Å²) in [7, 11) is 0. The van der Waals surface area contributed by atoms with E-state index in [2.05, 4.69) is 38.2 Å². The fraction of sp³-hybridized carbons (Fsp3) is 0.455. The van der Waals surface area contributed by atoms with Crippen molar-refractivity contribution < 1.29 is 14.3 Å². The Morgan fingerprint density at radius 2 is 1.67 bits per heavy atom. The second kappa shape index (κ2) is 8.89. The van der Waals surface area contributed by atoms with Crippen LogP contribution in [0.15, 0.2) is 18.2 Å². The number of benzene rings is 1. The molecule has 1 amide bonds.